The third-order valence-corrected chi connectivity index (χ3v) is 2.68. The van der Waals surface area contributed by atoms with Crippen molar-refractivity contribution in [2.75, 3.05) is 6.61 Å². The molecule has 1 aromatic heterocycles. The van der Waals surface area contributed by atoms with Crippen LogP contribution in [0.5, 0.6) is 0 Å². The topological polar surface area (TPSA) is 33.1 Å². The largest absolute Gasteiger partial charge is 0.396 e. The third kappa shape index (κ3) is 3.74. The summed E-state index contributed by atoms with van der Waals surface area (Å²) in [7, 11) is 0. The molecule has 0 aromatic carbocycles. The van der Waals surface area contributed by atoms with E-state index in [2.05, 4.69) is 4.98 Å². The summed E-state index contributed by atoms with van der Waals surface area (Å²) >= 11 is 1.54. The summed E-state index contributed by atoms with van der Waals surface area (Å²) < 4.78 is 12.5. The van der Waals surface area contributed by atoms with Crippen LogP contribution < -0.4 is 0 Å². The number of aliphatic hydroxyl groups is 1. The van der Waals surface area contributed by atoms with Gasteiger partial charge >= 0.3 is 0 Å². The third-order valence-electron chi connectivity index (χ3n) is 1.56. The quantitative estimate of drug-likeness (QED) is 0.757. The van der Waals surface area contributed by atoms with Gasteiger partial charge in [-0.25, -0.2) is 9.37 Å². The Balaban J connectivity index is 2.49. The van der Waals surface area contributed by atoms with E-state index in [0.29, 0.717) is 5.25 Å². The first-order valence-corrected chi connectivity index (χ1v) is 4.99. The Morgan fingerprint density at radius 1 is 1.62 bits per heavy atom. The first kappa shape index (κ1) is 10.5. The molecule has 2 nitrogen and oxygen atoms in total. The number of hydrogen-bond acceptors (Lipinski definition) is 3. The highest BCUT2D eigenvalue weighted by Gasteiger charge is 2.04. The fraction of sp³-hybridized carbons (Fsp3) is 0.444. The molecule has 0 bridgehead atoms. The standard InChI is InChI=1S/C9H12FNOS/c1-7(4-5-12)13-9-3-2-8(10)6-11-9/h2-3,6-7,12H,4-5H2,1H3. The van der Waals surface area contributed by atoms with Gasteiger partial charge in [-0.2, -0.15) is 0 Å². The Morgan fingerprint density at radius 2 is 2.38 bits per heavy atom. The van der Waals surface area contributed by atoms with Crippen LogP contribution in [-0.2, 0) is 0 Å². The number of nitrogens with zero attached hydrogens (tertiary/aromatic N) is 1. The van der Waals surface area contributed by atoms with E-state index in [-0.39, 0.29) is 12.4 Å². The Hall–Kier alpha value is -0.610. The van der Waals surface area contributed by atoms with Gasteiger partial charge in [0.15, 0.2) is 0 Å². The summed E-state index contributed by atoms with van der Waals surface area (Å²) in [5.41, 5.74) is 0. The van der Waals surface area contributed by atoms with Crippen molar-refractivity contribution in [1.29, 1.82) is 0 Å². The van der Waals surface area contributed by atoms with Crippen LogP contribution in [0.1, 0.15) is 13.3 Å². The van der Waals surface area contributed by atoms with Crippen LogP contribution in [0.4, 0.5) is 4.39 Å². The molecule has 0 aliphatic heterocycles. The van der Waals surface area contributed by atoms with Gasteiger partial charge in [-0.05, 0) is 18.6 Å². The van der Waals surface area contributed by atoms with E-state index in [1.165, 1.54) is 24.0 Å². The minimum absolute atomic E-state index is 0.176. The lowest BCUT2D eigenvalue weighted by atomic mass is 10.3. The van der Waals surface area contributed by atoms with Crippen molar-refractivity contribution in [1.82, 2.24) is 4.98 Å². The normalized spacial score (nSPS) is 12.8. The van der Waals surface area contributed by atoms with Gasteiger partial charge in [-0.1, -0.05) is 6.92 Å². The zero-order chi connectivity index (χ0) is 9.68. The number of hydrogen-bond donors (Lipinski definition) is 1. The lowest BCUT2D eigenvalue weighted by Crippen LogP contribution is -1.99. The molecule has 0 amide bonds. The lowest BCUT2D eigenvalue weighted by Gasteiger charge is -2.07. The smallest absolute Gasteiger partial charge is 0.141 e. The van der Waals surface area contributed by atoms with Crippen LogP contribution >= 0.6 is 11.8 Å². The molecule has 1 heterocycles. The summed E-state index contributed by atoms with van der Waals surface area (Å²) in [4.78, 5) is 3.91. The van der Waals surface area contributed by atoms with Crippen molar-refractivity contribution in [2.45, 2.75) is 23.6 Å². The molecule has 0 spiro atoms. The van der Waals surface area contributed by atoms with E-state index in [1.54, 1.807) is 6.07 Å². The average molecular weight is 201 g/mol. The van der Waals surface area contributed by atoms with Gasteiger partial charge in [0.2, 0.25) is 0 Å². The SMILES string of the molecule is CC(CCO)Sc1ccc(F)cn1. The number of pyridine rings is 1. The second kappa shape index (κ2) is 5.19. The maximum atomic E-state index is 12.5. The highest BCUT2D eigenvalue weighted by Crippen LogP contribution is 2.22. The molecule has 1 aromatic rings. The van der Waals surface area contributed by atoms with Crippen LogP contribution in [0.3, 0.4) is 0 Å². The highest BCUT2D eigenvalue weighted by atomic mass is 32.2. The zero-order valence-corrected chi connectivity index (χ0v) is 8.22. The van der Waals surface area contributed by atoms with E-state index in [1.807, 2.05) is 6.92 Å². The van der Waals surface area contributed by atoms with Crippen molar-refractivity contribution < 1.29 is 9.50 Å². The fourth-order valence-electron chi connectivity index (χ4n) is 0.879. The Labute approximate surface area is 81.2 Å². The number of halogens is 1. The Bertz CT molecular complexity index is 252. The monoisotopic (exact) mass is 201 g/mol. The molecule has 4 heteroatoms. The van der Waals surface area contributed by atoms with E-state index >= 15 is 0 Å². The predicted molar refractivity (Wildman–Crippen MR) is 51.2 cm³/mol. The lowest BCUT2D eigenvalue weighted by molar-refractivity contribution is 0.289. The van der Waals surface area contributed by atoms with Crippen LogP contribution in [0.15, 0.2) is 23.4 Å². The molecule has 0 aliphatic carbocycles. The average Bonchev–Trinajstić information content (AvgIpc) is 2.09. The van der Waals surface area contributed by atoms with Gasteiger partial charge in [0.05, 0.1) is 11.2 Å². The molecule has 1 N–H and O–H groups in total. The molecular weight excluding hydrogens is 189 g/mol. The summed E-state index contributed by atoms with van der Waals surface area (Å²) in [6.45, 7) is 2.18. The Kier molecular flexibility index (Phi) is 4.18. The van der Waals surface area contributed by atoms with Gasteiger partial charge in [-0.3, -0.25) is 0 Å². The van der Waals surface area contributed by atoms with Gasteiger partial charge in [0.25, 0.3) is 0 Å². The second-order valence-electron chi connectivity index (χ2n) is 2.76. The summed E-state index contributed by atoms with van der Waals surface area (Å²) in [5.74, 6) is -0.320. The number of aromatic nitrogens is 1. The maximum absolute atomic E-state index is 12.5. The molecule has 72 valence electrons. The molecule has 0 saturated carbocycles. The van der Waals surface area contributed by atoms with Crippen molar-refractivity contribution in [3.05, 3.63) is 24.1 Å². The van der Waals surface area contributed by atoms with Crippen LogP contribution in [-0.4, -0.2) is 21.9 Å². The maximum Gasteiger partial charge on any atom is 0.141 e. The van der Waals surface area contributed by atoms with Crippen molar-refractivity contribution in [3.8, 4) is 0 Å². The molecular formula is C9H12FNOS. The van der Waals surface area contributed by atoms with E-state index in [0.717, 1.165) is 11.4 Å². The number of rotatable bonds is 4. The van der Waals surface area contributed by atoms with Gasteiger partial charge in [0, 0.05) is 11.9 Å². The molecule has 0 radical (unpaired) electrons. The zero-order valence-electron chi connectivity index (χ0n) is 7.40. The van der Waals surface area contributed by atoms with Gasteiger partial charge < -0.3 is 5.11 Å². The molecule has 1 rings (SSSR count). The molecule has 1 unspecified atom stereocenters. The van der Waals surface area contributed by atoms with Gasteiger partial charge in [0.1, 0.15) is 5.82 Å². The van der Waals surface area contributed by atoms with Crippen LogP contribution in [0, 0.1) is 5.82 Å². The summed E-state index contributed by atoms with van der Waals surface area (Å²) in [5, 5.41) is 9.77. The van der Waals surface area contributed by atoms with Crippen molar-refractivity contribution >= 4 is 11.8 Å². The number of thioether (sulfide) groups is 1. The number of aliphatic hydroxyl groups excluding tert-OH is 1. The first-order chi connectivity index (χ1) is 6.22. The fourth-order valence-corrected chi connectivity index (χ4v) is 1.77. The molecule has 0 saturated heterocycles. The molecule has 0 fully saturated rings. The molecule has 0 aliphatic rings. The minimum atomic E-state index is -0.320. The minimum Gasteiger partial charge on any atom is -0.396 e. The van der Waals surface area contributed by atoms with E-state index in [4.69, 9.17) is 5.11 Å². The van der Waals surface area contributed by atoms with Crippen LogP contribution in [0.25, 0.3) is 0 Å². The highest BCUT2D eigenvalue weighted by molar-refractivity contribution is 7.99. The van der Waals surface area contributed by atoms with E-state index in [9.17, 15) is 4.39 Å². The van der Waals surface area contributed by atoms with Crippen molar-refractivity contribution in [3.63, 3.8) is 0 Å². The van der Waals surface area contributed by atoms with Crippen molar-refractivity contribution in [2.24, 2.45) is 0 Å². The predicted octanol–water partition coefficient (Wildman–Crippen LogP) is 2.08. The second-order valence-corrected chi connectivity index (χ2v) is 4.21. The van der Waals surface area contributed by atoms with E-state index < -0.39 is 0 Å². The van der Waals surface area contributed by atoms with Gasteiger partial charge in [-0.15, -0.1) is 11.8 Å². The molecule has 1 atom stereocenters. The van der Waals surface area contributed by atoms with Crippen LogP contribution in [0.2, 0.25) is 0 Å². The summed E-state index contributed by atoms with van der Waals surface area (Å²) in [6.07, 6.45) is 1.93. The molecule has 13 heavy (non-hydrogen) atoms. The summed E-state index contributed by atoms with van der Waals surface area (Å²) in [6, 6.07) is 3.04. The first-order valence-electron chi connectivity index (χ1n) is 4.11. The Morgan fingerprint density at radius 3 is 2.92 bits per heavy atom.